The molecule has 0 saturated heterocycles. The summed E-state index contributed by atoms with van der Waals surface area (Å²) in [6.07, 6.45) is 2.39. The smallest absolute Gasteiger partial charge is 0.338 e. The minimum Gasteiger partial charge on any atom is -0.465 e. The Kier molecular flexibility index (Phi) is 7.32. The van der Waals surface area contributed by atoms with E-state index in [4.69, 9.17) is 4.74 Å². The molecule has 2 amide bonds. The van der Waals surface area contributed by atoms with E-state index in [0.29, 0.717) is 24.2 Å². The van der Waals surface area contributed by atoms with E-state index in [1.54, 1.807) is 34.5 Å². The number of benzene rings is 2. The van der Waals surface area contributed by atoms with Gasteiger partial charge in [-0.05, 0) is 73.2 Å². The van der Waals surface area contributed by atoms with E-state index < -0.39 is 0 Å². The summed E-state index contributed by atoms with van der Waals surface area (Å²) in [6, 6.07) is 13.9. The first-order valence-corrected chi connectivity index (χ1v) is 13.5. The van der Waals surface area contributed by atoms with Crippen molar-refractivity contribution in [1.82, 2.24) is 15.5 Å². The lowest BCUT2D eigenvalue weighted by Crippen LogP contribution is -2.46. The Morgan fingerprint density at radius 1 is 1.08 bits per heavy atom. The lowest BCUT2D eigenvalue weighted by Gasteiger charge is -2.26. The maximum atomic E-state index is 13.5. The molecule has 7 nitrogen and oxygen atoms in total. The highest BCUT2D eigenvalue weighted by atomic mass is 32.1. The Labute approximate surface area is 225 Å². The van der Waals surface area contributed by atoms with Crippen LogP contribution in [-0.4, -0.2) is 47.9 Å². The van der Waals surface area contributed by atoms with Crippen molar-refractivity contribution in [3.8, 4) is 10.4 Å². The number of halogens is 1. The van der Waals surface area contributed by atoms with Crippen LogP contribution in [0.4, 0.5) is 4.39 Å². The minimum absolute atomic E-state index is 0.0104. The second-order valence-corrected chi connectivity index (χ2v) is 11.2. The van der Waals surface area contributed by atoms with Gasteiger partial charge in [-0.25, -0.2) is 9.18 Å². The normalized spacial score (nSPS) is 20.3. The van der Waals surface area contributed by atoms with E-state index in [-0.39, 0.29) is 41.7 Å². The molecule has 2 aromatic carbocycles. The topological polar surface area (TPSA) is 87.7 Å². The molecule has 198 valence electrons. The van der Waals surface area contributed by atoms with Crippen LogP contribution in [0.1, 0.15) is 58.0 Å². The second-order valence-electron chi connectivity index (χ2n) is 10.3. The zero-order valence-corrected chi connectivity index (χ0v) is 22.2. The predicted molar refractivity (Wildman–Crippen MR) is 143 cm³/mol. The molecule has 9 heteroatoms. The third-order valence-corrected chi connectivity index (χ3v) is 8.37. The molecule has 2 N–H and O–H groups in total. The molecular formula is C29H30FN3O4S. The molecule has 1 aromatic heterocycles. The van der Waals surface area contributed by atoms with Crippen LogP contribution in [0.5, 0.6) is 0 Å². The minimum atomic E-state index is -0.374. The highest BCUT2D eigenvalue weighted by Gasteiger charge is 2.37. The Morgan fingerprint density at radius 3 is 2.61 bits per heavy atom. The summed E-state index contributed by atoms with van der Waals surface area (Å²) in [7, 11) is 1.35. The van der Waals surface area contributed by atoms with Crippen molar-refractivity contribution >= 4 is 29.1 Å². The number of carbonyl (C=O) groups excluding carboxylic acids is 3. The van der Waals surface area contributed by atoms with Crippen molar-refractivity contribution in [2.24, 2.45) is 0 Å². The number of methoxy groups -OCH3 is 1. The standard InChI is InChI=1S/C29H30FN3O4S/c1-29(32-27(35)19-5-3-18(4-6-19)25-12-22(17-38-25)28(36)37-2)10-9-24(13-29)31-14-26(34)33-15-20-7-8-23(30)11-21(20)16-33/h3-8,11-12,17,24,31H,9-10,13-16H2,1-2H3,(H,32,35). The van der Waals surface area contributed by atoms with Gasteiger partial charge in [0.15, 0.2) is 0 Å². The second kappa shape index (κ2) is 10.7. The van der Waals surface area contributed by atoms with Gasteiger partial charge in [-0.15, -0.1) is 11.3 Å². The Morgan fingerprint density at radius 2 is 1.84 bits per heavy atom. The number of fused-ring (bicyclic) bond motifs is 1. The monoisotopic (exact) mass is 535 g/mol. The number of nitrogens with one attached hydrogen (secondary N) is 2. The molecule has 2 heterocycles. The summed E-state index contributed by atoms with van der Waals surface area (Å²) in [5.74, 6) is -0.803. The number of nitrogens with zero attached hydrogens (tertiary/aromatic N) is 1. The third kappa shape index (κ3) is 5.63. The Balaban J connectivity index is 1.11. The van der Waals surface area contributed by atoms with Crippen molar-refractivity contribution in [3.05, 3.63) is 82.0 Å². The Hall–Kier alpha value is -3.56. The highest BCUT2D eigenvalue weighted by Crippen LogP contribution is 2.31. The van der Waals surface area contributed by atoms with Crippen molar-refractivity contribution in [2.75, 3.05) is 13.7 Å². The average Bonchev–Trinajstić information content (AvgIpc) is 3.65. The maximum absolute atomic E-state index is 13.5. The van der Waals surface area contributed by atoms with Crippen LogP contribution >= 0.6 is 11.3 Å². The molecule has 1 fully saturated rings. The summed E-state index contributed by atoms with van der Waals surface area (Å²) < 4.78 is 18.2. The van der Waals surface area contributed by atoms with Gasteiger partial charge in [0.1, 0.15) is 5.82 Å². The molecule has 0 spiro atoms. The predicted octanol–water partition coefficient (Wildman–Crippen LogP) is 4.51. The largest absolute Gasteiger partial charge is 0.465 e. The number of amides is 2. The quantitative estimate of drug-likeness (QED) is 0.435. The molecule has 1 saturated carbocycles. The van der Waals surface area contributed by atoms with Crippen LogP contribution in [0.3, 0.4) is 0 Å². The van der Waals surface area contributed by atoms with Crippen LogP contribution in [0, 0.1) is 5.82 Å². The molecule has 0 radical (unpaired) electrons. The maximum Gasteiger partial charge on any atom is 0.338 e. The van der Waals surface area contributed by atoms with Gasteiger partial charge >= 0.3 is 5.97 Å². The van der Waals surface area contributed by atoms with Gasteiger partial charge in [-0.1, -0.05) is 18.2 Å². The van der Waals surface area contributed by atoms with Crippen LogP contribution in [0.25, 0.3) is 10.4 Å². The molecular weight excluding hydrogens is 505 g/mol. The first-order chi connectivity index (χ1) is 18.2. The molecule has 38 heavy (non-hydrogen) atoms. The van der Waals surface area contributed by atoms with E-state index in [1.807, 2.05) is 19.1 Å². The van der Waals surface area contributed by atoms with Gasteiger partial charge in [0, 0.05) is 40.5 Å². The third-order valence-electron chi connectivity index (χ3n) is 7.39. The SMILES string of the molecule is COC(=O)c1csc(-c2ccc(C(=O)NC3(C)CCC(NCC(=O)N4Cc5ccc(F)cc5C4)C3)cc2)c1. The number of rotatable bonds is 7. The van der Waals surface area contributed by atoms with E-state index >= 15 is 0 Å². The summed E-state index contributed by atoms with van der Waals surface area (Å²) in [4.78, 5) is 40.1. The highest BCUT2D eigenvalue weighted by molar-refractivity contribution is 7.13. The van der Waals surface area contributed by atoms with Gasteiger partial charge in [0.05, 0.1) is 19.2 Å². The first kappa shape index (κ1) is 26.1. The molecule has 2 atom stereocenters. The van der Waals surface area contributed by atoms with E-state index in [2.05, 4.69) is 10.6 Å². The van der Waals surface area contributed by atoms with E-state index in [0.717, 1.165) is 40.8 Å². The fourth-order valence-corrected chi connectivity index (χ4v) is 6.14. The molecule has 1 aliphatic heterocycles. The number of carbonyl (C=O) groups is 3. The Bertz CT molecular complexity index is 1370. The summed E-state index contributed by atoms with van der Waals surface area (Å²) >= 11 is 1.45. The van der Waals surface area contributed by atoms with Gasteiger partial charge in [0.25, 0.3) is 5.91 Å². The number of esters is 1. The van der Waals surface area contributed by atoms with Gasteiger partial charge in [-0.2, -0.15) is 0 Å². The number of hydrogen-bond acceptors (Lipinski definition) is 6. The fraction of sp³-hybridized carbons (Fsp3) is 0.345. The molecule has 3 aromatic rings. The fourth-order valence-electron chi connectivity index (χ4n) is 5.26. The number of ether oxygens (including phenoxy) is 1. The van der Waals surface area contributed by atoms with Gasteiger partial charge < -0.3 is 20.3 Å². The van der Waals surface area contributed by atoms with Crippen molar-refractivity contribution in [2.45, 2.75) is 50.9 Å². The summed E-state index contributed by atoms with van der Waals surface area (Å²) in [6.45, 7) is 3.19. The zero-order chi connectivity index (χ0) is 26.9. The van der Waals surface area contributed by atoms with E-state index in [1.165, 1.54) is 30.6 Å². The average molecular weight is 536 g/mol. The molecule has 0 bridgehead atoms. The van der Waals surface area contributed by atoms with Crippen LogP contribution in [0.15, 0.2) is 53.9 Å². The van der Waals surface area contributed by atoms with Crippen molar-refractivity contribution in [3.63, 3.8) is 0 Å². The molecule has 5 rings (SSSR count). The van der Waals surface area contributed by atoms with E-state index in [9.17, 15) is 18.8 Å². The molecule has 2 aliphatic rings. The van der Waals surface area contributed by atoms with Crippen LogP contribution in [0.2, 0.25) is 0 Å². The summed E-state index contributed by atoms with van der Waals surface area (Å²) in [5.41, 5.74) is 3.48. The number of thiophene rings is 1. The van der Waals surface area contributed by atoms with Gasteiger partial charge in [-0.3, -0.25) is 9.59 Å². The molecule has 2 unspecified atom stereocenters. The van der Waals surface area contributed by atoms with Crippen molar-refractivity contribution in [1.29, 1.82) is 0 Å². The lowest BCUT2D eigenvalue weighted by atomic mass is 9.99. The number of hydrogen-bond donors (Lipinski definition) is 2. The van der Waals surface area contributed by atoms with Crippen LogP contribution in [-0.2, 0) is 22.6 Å². The first-order valence-electron chi connectivity index (χ1n) is 12.6. The molecule has 1 aliphatic carbocycles. The van der Waals surface area contributed by atoms with Gasteiger partial charge in [0.2, 0.25) is 5.91 Å². The zero-order valence-electron chi connectivity index (χ0n) is 21.4. The van der Waals surface area contributed by atoms with Crippen LogP contribution < -0.4 is 10.6 Å². The summed E-state index contributed by atoms with van der Waals surface area (Å²) in [5, 5.41) is 8.29. The van der Waals surface area contributed by atoms with Crippen molar-refractivity contribution < 1.29 is 23.5 Å². The lowest BCUT2D eigenvalue weighted by molar-refractivity contribution is -0.131.